The molecule has 2 aromatic heterocycles. The van der Waals surface area contributed by atoms with Gasteiger partial charge in [-0.05, 0) is 56.9 Å². The second kappa shape index (κ2) is 8.28. The third-order valence-corrected chi connectivity index (χ3v) is 6.86. The Balaban J connectivity index is 1.58. The molecule has 3 aromatic rings. The van der Waals surface area contributed by atoms with Crippen molar-refractivity contribution in [2.45, 2.75) is 31.8 Å². The van der Waals surface area contributed by atoms with E-state index in [9.17, 15) is 9.90 Å². The Hall–Kier alpha value is -3.66. The van der Waals surface area contributed by atoms with E-state index in [1.54, 1.807) is 18.3 Å². The molecule has 0 unspecified atom stereocenters. The zero-order valence-corrected chi connectivity index (χ0v) is 19.3. The highest BCUT2D eigenvalue weighted by atomic mass is 19.1. The Morgan fingerprint density at radius 2 is 1.97 bits per heavy atom. The maximum Gasteiger partial charge on any atom is 0.413 e. The lowest BCUT2D eigenvalue weighted by Crippen LogP contribution is -2.54. The molecule has 1 aromatic carbocycles. The Morgan fingerprint density at radius 1 is 1.21 bits per heavy atom. The molecule has 5 rings (SSSR count). The smallest absolute Gasteiger partial charge is 0.413 e. The number of amides is 1. The summed E-state index contributed by atoms with van der Waals surface area (Å²) in [5, 5.41) is 14.2. The van der Waals surface area contributed by atoms with E-state index < -0.39 is 11.9 Å². The van der Waals surface area contributed by atoms with Crippen molar-refractivity contribution < 1.29 is 19.0 Å². The average Bonchev–Trinajstić information content (AvgIpc) is 2.78. The van der Waals surface area contributed by atoms with Gasteiger partial charge in [0.05, 0.1) is 5.69 Å². The number of benzene rings is 1. The molecule has 3 heterocycles. The maximum absolute atomic E-state index is 15.4. The standard InChI is InChI=1S/C24H27FN6O3/c1-12-17(10-29-23-22(12)27-4-5-34-23)16-6-13-7-19(28-11-18(13)21(26)20(16)25)31(24(32)33)15-8-14(9-15)30(2)3/h6-7,10-11,14-15,27H,4-5,8-9,26H2,1-3H3,(H,32,33). The fraction of sp³-hybridized carbons (Fsp3) is 0.375. The highest BCUT2D eigenvalue weighted by Gasteiger charge is 2.38. The van der Waals surface area contributed by atoms with Gasteiger partial charge < -0.3 is 25.8 Å². The van der Waals surface area contributed by atoms with Crippen LogP contribution in [0.4, 0.5) is 26.4 Å². The van der Waals surface area contributed by atoms with Crippen molar-refractivity contribution in [1.82, 2.24) is 14.9 Å². The molecule has 1 saturated carbocycles. The fourth-order valence-corrected chi connectivity index (χ4v) is 4.74. The molecule has 2 aliphatic rings. The first-order valence-corrected chi connectivity index (χ1v) is 11.2. The van der Waals surface area contributed by atoms with Gasteiger partial charge in [0, 0.05) is 47.5 Å². The van der Waals surface area contributed by atoms with Gasteiger partial charge in [-0.15, -0.1) is 0 Å². The van der Waals surface area contributed by atoms with Gasteiger partial charge >= 0.3 is 6.09 Å². The number of carbonyl (C=O) groups is 1. The molecule has 0 bridgehead atoms. The third kappa shape index (κ3) is 3.54. The van der Waals surface area contributed by atoms with Gasteiger partial charge in [0.15, 0.2) is 5.82 Å². The number of nitrogens with two attached hydrogens (primary N) is 1. The maximum atomic E-state index is 15.4. The molecule has 0 saturated heterocycles. The SMILES string of the molecule is Cc1c(-c2cc3cc(N(C(=O)O)C4CC(N(C)C)C4)ncc3c(N)c2F)cnc2c1NCCO2. The van der Waals surface area contributed by atoms with Crippen LogP contribution in [0.3, 0.4) is 0 Å². The van der Waals surface area contributed by atoms with Gasteiger partial charge in [0.25, 0.3) is 0 Å². The molecule has 0 atom stereocenters. The number of nitrogens with one attached hydrogen (secondary N) is 1. The Morgan fingerprint density at radius 3 is 2.68 bits per heavy atom. The molecule has 4 N–H and O–H groups in total. The fourth-order valence-electron chi connectivity index (χ4n) is 4.74. The van der Waals surface area contributed by atoms with Crippen molar-refractivity contribution >= 4 is 34.1 Å². The normalized spacial score (nSPS) is 19.2. The molecule has 0 spiro atoms. The van der Waals surface area contributed by atoms with E-state index in [1.165, 1.54) is 11.1 Å². The van der Waals surface area contributed by atoms with Crippen molar-refractivity contribution in [3.05, 3.63) is 35.9 Å². The van der Waals surface area contributed by atoms with Crippen molar-refractivity contribution in [3.63, 3.8) is 0 Å². The number of rotatable bonds is 4. The van der Waals surface area contributed by atoms with E-state index in [1.807, 2.05) is 21.0 Å². The van der Waals surface area contributed by atoms with Crippen molar-refractivity contribution in [2.75, 3.05) is 43.2 Å². The van der Waals surface area contributed by atoms with Crippen molar-refractivity contribution in [1.29, 1.82) is 0 Å². The van der Waals surface area contributed by atoms with Gasteiger partial charge in [-0.25, -0.2) is 19.2 Å². The number of hydrogen-bond donors (Lipinski definition) is 3. The third-order valence-electron chi connectivity index (χ3n) is 6.86. The molecule has 10 heteroatoms. The molecule has 0 radical (unpaired) electrons. The summed E-state index contributed by atoms with van der Waals surface area (Å²) in [6, 6.07) is 3.51. The number of aromatic nitrogens is 2. The van der Waals surface area contributed by atoms with Crippen LogP contribution in [0.1, 0.15) is 18.4 Å². The first-order valence-electron chi connectivity index (χ1n) is 11.2. The second-order valence-corrected chi connectivity index (χ2v) is 9.06. The monoisotopic (exact) mass is 466 g/mol. The number of nitrogen functional groups attached to an aromatic ring is 1. The molecule has 1 fully saturated rings. The molecule has 9 nitrogen and oxygen atoms in total. The Kier molecular flexibility index (Phi) is 5.40. The summed E-state index contributed by atoms with van der Waals surface area (Å²) >= 11 is 0. The van der Waals surface area contributed by atoms with Crippen LogP contribution in [0.5, 0.6) is 5.88 Å². The number of fused-ring (bicyclic) bond motifs is 2. The summed E-state index contributed by atoms with van der Waals surface area (Å²) in [5.41, 5.74) is 8.54. The van der Waals surface area contributed by atoms with Crippen molar-refractivity contribution in [2.24, 2.45) is 0 Å². The molecule has 1 aliphatic heterocycles. The van der Waals surface area contributed by atoms with E-state index in [4.69, 9.17) is 10.5 Å². The summed E-state index contributed by atoms with van der Waals surface area (Å²) in [4.78, 5) is 24.2. The largest absolute Gasteiger partial charge is 0.474 e. The summed E-state index contributed by atoms with van der Waals surface area (Å²) in [7, 11) is 3.97. The summed E-state index contributed by atoms with van der Waals surface area (Å²) in [6.07, 6.45) is 3.41. The Bertz CT molecular complexity index is 1290. The number of carboxylic acid groups (broad SMARTS) is 1. The van der Waals surface area contributed by atoms with E-state index in [0.29, 0.717) is 52.8 Å². The van der Waals surface area contributed by atoms with Crippen LogP contribution in [-0.2, 0) is 0 Å². The van der Waals surface area contributed by atoms with Crippen LogP contribution >= 0.6 is 0 Å². The van der Waals surface area contributed by atoms with E-state index in [0.717, 1.165) is 24.1 Å². The molecular weight excluding hydrogens is 439 g/mol. The Labute approximate surface area is 196 Å². The number of ether oxygens (including phenoxy) is 1. The van der Waals surface area contributed by atoms with Crippen LogP contribution in [0.15, 0.2) is 24.5 Å². The van der Waals surface area contributed by atoms with Gasteiger partial charge in [0.1, 0.15) is 18.1 Å². The van der Waals surface area contributed by atoms with E-state index in [2.05, 4.69) is 20.2 Å². The van der Waals surface area contributed by atoms with Crippen LogP contribution in [0.2, 0.25) is 0 Å². The zero-order chi connectivity index (χ0) is 24.1. The van der Waals surface area contributed by atoms with Gasteiger partial charge in [-0.2, -0.15) is 0 Å². The molecule has 1 amide bonds. The first-order chi connectivity index (χ1) is 16.3. The number of halogens is 1. The summed E-state index contributed by atoms with van der Waals surface area (Å²) < 4.78 is 21.0. The van der Waals surface area contributed by atoms with Crippen LogP contribution < -0.4 is 20.7 Å². The lowest BCUT2D eigenvalue weighted by atomic mass is 9.85. The number of nitrogens with zero attached hydrogens (tertiary/aromatic N) is 4. The van der Waals surface area contributed by atoms with E-state index in [-0.39, 0.29) is 11.7 Å². The minimum Gasteiger partial charge on any atom is -0.474 e. The molecule has 178 valence electrons. The quantitative estimate of drug-likeness (QED) is 0.498. The van der Waals surface area contributed by atoms with Gasteiger partial charge in [-0.3, -0.25) is 4.90 Å². The lowest BCUT2D eigenvalue weighted by Gasteiger charge is -2.43. The minimum atomic E-state index is -1.06. The van der Waals surface area contributed by atoms with Gasteiger partial charge in [-0.1, -0.05) is 0 Å². The van der Waals surface area contributed by atoms with Crippen LogP contribution in [0, 0.1) is 12.7 Å². The predicted molar refractivity (Wildman–Crippen MR) is 129 cm³/mol. The lowest BCUT2D eigenvalue weighted by molar-refractivity contribution is 0.150. The second-order valence-electron chi connectivity index (χ2n) is 9.06. The van der Waals surface area contributed by atoms with Crippen molar-refractivity contribution in [3.8, 4) is 17.0 Å². The topological polar surface area (TPSA) is 117 Å². The molecular formula is C24H27FN6O3. The summed E-state index contributed by atoms with van der Waals surface area (Å²) in [5.74, 6) is 0.225. The highest BCUT2D eigenvalue weighted by molar-refractivity contribution is 5.99. The number of hydrogen-bond acceptors (Lipinski definition) is 7. The van der Waals surface area contributed by atoms with Gasteiger partial charge in [0.2, 0.25) is 5.88 Å². The van der Waals surface area contributed by atoms with Crippen LogP contribution in [-0.4, -0.2) is 65.4 Å². The number of anilines is 3. The van der Waals surface area contributed by atoms with E-state index >= 15 is 4.39 Å². The molecule has 1 aliphatic carbocycles. The number of pyridine rings is 2. The predicted octanol–water partition coefficient (Wildman–Crippen LogP) is 3.71. The molecule has 34 heavy (non-hydrogen) atoms. The highest BCUT2D eigenvalue weighted by Crippen LogP contribution is 2.40. The average molecular weight is 467 g/mol. The van der Waals surface area contributed by atoms with Crippen LogP contribution in [0.25, 0.3) is 21.9 Å². The minimum absolute atomic E-state index is 0.0360. The zero-order valence-electron chi connectivity index (χ0n) is 19.3. The summed E-state index contributed by atoms with van der Waals surface area (Å²) in [6.45, 7) is 3.03. The first kappa shape index (κ1) is 22.1.